The summed E-state index contributed by atoms with van der Waals surface area (Å²) in [5.41, 5.74) is 3.54. The van der Waals surface area contributed by atoms with Crippen molar-refractivity contribution in [3.8, 4) is 5.75 Å². The number of benzene rings is 2. The van der Waals surface area contributed by atoms with Gasteiger partial charge in [-0.25, -0.2) is 13.2 Å². The molecule has 2 aromatic carbocycles. The van der Waals surface area contributed by atoms with E-state index in [2.05, 4.69) is 0 Å². The third kappa shape index (κ3) is 5.00. The summed E-state index contributed by atoms with van der Waals surface area (Å²) in [6.07, 6.45) is 0.886. The molecule has 0 bridgehead atoms. The molecule has 0 amide bonds. The molecule has 0 aliphatic carbocycles. The normalized spacial score (nSPS) is 11.6. The van der Waals surface area contributed by atoms with Crippen LogP contribution in [0.15, 0.2) is 46.2 Å². The van der Waals surface area contributed by atoms with Gasteiger partial charge in [0.05, 0.1) is 16.4 Å². The van der Waals surface area contributed by atoms with Crippen molar-refractivity contribution in [1.82, 2.24) is 4.57 Å². The number of halogens is 1. The molecule has 3 rings (SSSR count). The lowest BCUT2D eigenvalue weighted by Gasteiger charge is -2.13. The van der Waals surface area contributed by atoms with Gasteiger partial charge in [0.1, 0.15) is 11.4 Å². The van der Waals surface area contributed by atoms with Crippen LogP contribution in [0.5, 0.6) is 5.75 Å². The number of aromatic carboxylic acids is 1. The first-order valence-corrected chi connectivity index (χ1v) is 13.0. The standard InChI is InChI=1S/C26H30ClNO5S/c1-6-22-25(34(31,32)21-10-8-16(2)9-11-21)19(5)24(26(29)30)28(22)12-7-13-33-20-14-17(3)23(27)18(4)15-20/h8-11,14-15H,6-7,12-13H2,1-5H3,(H,29,30). The van der Waals surface area contributed by atoms with Crippen molar-refractivity contribution in [2.45, 2.75) is 63.8 Å². The van der Waals surface area contributed by atoms with Gasteiger partial charge in [-0.2, -0.15) is 0 Å². The van der Waals surface area contributed by atoms with Crippen LogP contribution in [-0.4, -0.2) is 30.7 Å². The van der Waals surface area contributed by atoms with E-state index in [0.29, 0.717) is 42.5 Å². The maximum atomic E-state index is 13.5. The average Bonchev–Trinajstić information content (AvgIpc) is 3.07. The molecule has 0 saturated carbocycles. The molecule has 0 unspecified atom stereocenters. The van der Waals surface area contributed by atoms with Crippen LogP contribution in [0.4, 0.5) is 0 Å². The molecule has 1 heterocycles. The zero-order valence-electron chi connectivity index (χ0n) is 20.1. The molecule has 1 N–H and O–H groups in total. The van der Waals surface area contributed by atoms with Crippen LogP contribution in [0.1, 0.15) is 51.8 Å². The van der Waals surface area contributed by atoms with Crippen LogP contribution in [0, 0.1) is 27.7 Å². The van der Waals surface area contributed by atoms with E-state index in [1.165, 1.54) is 0 Å². The second-order valence-corrected chi connectivity index (χ2v) is 10.7. The van der Waals surface area contributed by atoms with E-state index in [1.54, 1.807) is 35.8 Å². The summed E-state index contributed by atoms with van der Waals surface area (Å²) >= 11 is 6.21. The van der Waals surface area contributed by atoms with Crippen molar-refractivity contribution >= 4 is 27.4 Å². The van der Waals surface area contributed by atoms with E-state index in [0.717, 1.165) is 16.7 Å². The number of carbonyl (C=O) groups is 1. The maximum absolute atomic E-state index is 13.5. The minimum atomic E-state index is -3.88. The first-order chi connectivity index (χ1) is 16.0. The lowest BCUT2D eigenvalue weighted by atomic mass is 10.1. The summed E-state index contributed by atoms with van der Waals surface area (Å²) in [5, 5.41) is 10.6. The van der Waals surface area contributed by atoms with Gasteiger partial charge >= 0.3 is 5.97 Å². The van der Waals surface area contributed by atoms with Gasteiger partial charge < -0.3 is 14.4 Å². The number of sulfone groups is 1. The SMILES string of the molecule is CCc1c(S(=O)(=O)c2ccc(C)cc2)c(C)c(C(=O)O)n1CCCOc1cc(C)c(Cl)c(C)c1. The molecule has 0 saturated heterocycles. The van der Waals surface area contributed by atoms with Crippen molar-refractivity contribution in [2.24, 2.45) is 0 Å². The van der Waals surface area contributed by atoms with E-state index >= 15 is 0 Å². The smallest absolute Gasteiger partial charge is 0.352 e. The number of hydrogen-bond acceptors (Lipinski definition) is 4. The Kier molecular flexibility index (Phi) is 7.78. The van der Waals surface area contributed by atoms with Gasteiger partial charge in [-0.1, -0.05) is 36.2 Å². The molecule has 0 atom stereocenters. The monoisotopic (exact) mass is 503 g/mol. The van der Waals surface area contributed by atoms with Crippen LogP contribution >= 0.6 is 11.6 Å². The van der Waals surface area contributed by atoms with Crippen LogP contribution < -0.4 is 4.74 Å². The number of aryl methyl sites for hydroxylation is 3. The molecular formula is C26H30ClNO5S. The largest absolute Gasteiger partial charge is 0.494 e. The highest BCUT2D eigenvalue weighted by Gasteiger charge is 2.32. The third-order valence-corrected chi connectivity index (χ3v) is 8.46. The van der Waals surface area contributed by atoms with Crippen LogP contribution in [0.25, 0.3) is 0 Å². The van der Waals surface area contributed by atoms with Gasteiger partial charge in [-0.3, -0.25) is 0 Å². The Hall–Kier alpha value is -2.77. The second kappa shape index (κ2) is 10.2. The molecule has 1 aromatic heterocycles. The molecule has 0 spiro atoms. The van der Waals surface area contributed by atoms with Gasteiger partial charge in [-0.05, 0) is 75.9 Å². The minimum absolute atomic E-state index is 0.000665. The van der Waals surface area contributed by atoms with Crippen molar-refractivity contribution in [2.75, 3.05) is 6.61 Å². The van der Waals surface area contributed by atoms with E-state index in [9.17, 15) is 18.3 Å². The van der Waals surface area contributed by atoms with Gasteiger partial charge in [0.15, 0.2) is 0 Å². The zero-order valence-corrected chi connectivity index (χ0v) is 21.7. The maximum Gasteiger partial charge on any atom is 0.352 e. The quantitative estimate of drug-likeness (QED) is 0.365. The third-order valence-electron chi connectivity index (χ3n) is 5.90. The first kappa shape index (κ1) is 25.8. The highest BCUT2D eigenvalue weighted by Crippen LogP contribution is 2.33. The van der Waals surface area contributed by atoms with Gasteiger partial charge in [0.25, 0.3) is 0 Å². The van der Waals surface area contributed by atoms with E-state index in [-0.39, 0.29) is 21.0 Å². The predicted molar refractivity (Wildman–Crippen MR) is 133 cm³/mol. The minimum Gasteiger partial charge on any atom is -0.494 e. The Morgan fingerprint density at radius 2 is 1.65 bits per heavy atom. The number of aromatic nitrogens is 1. The van der Waals surface area contributed by atoms with Gasteiger partial charge in [0.2, 0.25) is 9.84 Å². The molecule has 0 aliphatic heterocycles. The fourth-order valence-electron chi connectivity index (χ4n) is 4.25. The Bertz CT molecular complexity index is 1300. The number of rotatable bonds is 9. The molecule has 0 aliphatic rings. The van der Waals surface area contributed by atoms with Crippen LogP contribution in [-0.2, 0) is 22.8 Å². The highest BCUT2D eigenvalue weighted by molar-refractivity contribution is 7.91. The topological polar surface area (TPSA) is 85.6 Å². The van der Waals surface area contributed by atoms with Crippen LogP contribution in [0.3, 0.4) is 0 Å². The predicted octanol–water partition coefficient (Wildman–Crippen LogP) is 5.94. The van der Waals surface area contributed by atoms with Crippen molar-refractivity contribution in [3.05, 3.63) is 75.1 Å². The number of ether oxygens (including phenoxy) is 1. The fraction of sp³-hybridized carbons (Fsp3) is 0.346. The van der Waals surface area contributed by atoms with Crippen molar-refractivity contribution in [3.63, 3.8) is 0 Å². The Morgan fingerprint density at radius 1 is 1.06 bits per heavy atom. The lowest BCUT2D eigenvalue weighted by Crippen LogP contribution is -2.14. The van der Waals surface area contributed by atoms with E-state index in [4.69, 9.17) is 16.3 Å². The van der Waals surface area contributed by atoms with Crippen molar-refractivity contribution < 1.29 is 23.1 Å². The molecular weight excluding hydrogens is 474 g/mol. The molecule has 0 radical (unpaired) electrons. The highest BCUT2D eigenvalue weighted by atomic mass is 35.5. The summed E-state index contributed by atoms with van der Waals surface area (Å²) in [6, 6.07) is 10.3. The molecule has 0 fully saturated rings. The second-order valence-electron chi connectivity index (χ2n) is 8.45. The van der Waals surface area contributed by atoms with Crippen molar-refractivity contribution in [1.29, 1.82) is 0 Å². The summed E-state index contributed by atoms with van der Waals surface area (Å²) in [4.78, 5) is 12.4. The lowest BCUT2D eigenvalue weighted by molar-refractivity contribution is 0.0683. The Labute approximate surface area is 206 Å². The first-order valence-electron chi connectivity index (χ1n) is 11.2. The van der Waals surface area contributed by atoms with Crippen LogP contribution in [0.2, 0.25) is 5.02 Å². The van der Waals surface area contributed by atoms with Gasteiger partial charge in [0, 0.05) is 22.8 Å². The van der Waals surface area contributed by atoms with E-state index < -0.39 is 15.8 Å². The molecule has 6 nitrogen and oxygen atoms in total. The average molecular weight is 504 g/mol. The summed E-state index contributed by atoms with van der Waals surface area (Å²) < 4.78 is 34.5. The van der Waals surface area contributed by atoms with E-state index in [1.807, 2.05) is 39.8 Å². The summed E-state index contributed by atoms with van der Waals surface area (Å²) in [7, 11) is -3.88. The zero-order chi connectivity index (χ0) is 25.2. The molecule has 182 valence electrons. The number of carboxylic acids is 1. The summed E-state index contributed by atoms with van der Waals surface area (Å²) in [6.45, 7) is 9.77. The molecule has 3 aromatic rings. The van der Waals surface area contributed by atoms with Gasteiger partial charge in [-0.15, -0.1) is 0 Å². The Balaban J connectivity index is 1.92. The number of nitrogens with zero attached hydrogens (tertiary/aromatic N) is 1. The number of carboxylic acid groups (broad SMARTS) is 1. The number of hydrogen-bond donors (Lipinski definition) is 1. The Morgan fingerprint density at radius 3 is 2.18 bits per heavy atom. The summed E-state index contributed by atoms with van der Waals surface area (Å²) in [5.74, 6) is -0.456. The fourth-order valence-corrected chi connectivity index (χ4v) is 6.16. The molecule has 34 heavy (non-hydrogen) atoms. The molecule has 8 heteroatoms.